The van der Waals surface area contributed by atoms with Crippen LogP contribution < -0.4 is 10.7 Å². The van der Waals surface area contributed by atoms with Crippen LogP contribution in [0.3, 0.4) is 0 Å². The summed E-state index contributed by atoms with van der Waals surface area (Å²) in [5.74, 6) is 0. The Morgan fingerprint density at radius 3 is 2.59 bits per heavy atom. The zero-order valence-electron chi connectivity index (χ0n) is 9.58. The lowest BCUT2D eigenvalue weighted by Crippen LogP contribution is -2.46. The molecule has 0 spiro atoms. The van der Waals surface area contributed by atoms with Crippen LogP contribution >= 0.6 is 23.8 Å². The van der Waals surface area contributed by atoms with Crippen LogP contribution in [0, 0.1) is 0 Å². The number of hydrogen-bond acceptors (Lipinski definition) is 2. The fourth-order valence-electron chi connectivity index (χ4n) is 1.86. The highest BCUT2D eigenvalue weighted by atomic mass is 35.5. The van der Waals surface area contributed by atoms with Crippen LogP contribution in [0.4, 0.5) is 5.69 Å². The first-order chi connectivity index (χ1) is 8.25. The quantitative estimate of drug-likeness (QED) is 0.807. The third-order valence-electron chi connectivity index (χ3n) is 2.74. The van der Waals surface area contributed by atoms with E-state index in [0.29, 0.717) is 10.1 Å². The Labute approximate surface area is 112 Å². The highest BCUT2D eigenvalue weighted by Gasteiger charge is 2.11. The molecule has 5 heteroatoms. The second-order valence-electron chi connectivity index (χ2n) is 4.09. The van der Waals surface area contributed by atoms with Gasteiger partial charge in [-0.15, -0.1) is 0 Å². The van der Waals surface area contributed by atoms with Crippen molar-refractivity contribution in [3.63, 3.8) is 0 Å². The molecule has 1 aliphatic rings. The Morgan fingerprint density at radius 1 is 1.18 bits per heavy atom. The Kier molecular flexibility index (Phi) is 4.59. The number of halogens is 1. The largest absolute Gasteiger partial charge is 0.330 e. The zero-order valence-corrected chi connectivity index (χ0v) is 11.2. The topological polar surface area (TPSA) is 27.3 Å². The van der Waals surface area contributed by atoms with Gasteiger partial charge in [0.1, 0.15) is 0 Å². The maximum absolute atomic E-state index is 6.05. The Morgan fingerprint density at radius 2 is 1.88 bits per heavy atom. The minimum absolute atomic E-state index is 0.597. The van der Waals surface area contributed by atoms with Crippen molar-refractivity contribution in [1.29, 1.82) is 0 Å². The Balaban J connectivity index is 1.86. The summed E-state index contributed by atoms with van der Waals surface area (Å²) in [6.45, 7) is 2.09. The van der Waals surface area contributed by atoms with E-state index in [9.17, 15) is 0 Å². The molecule has 2 N–H and O–H groups in total. The summed E-state index contributed by atoms with van der Waals surface area (Å²) in [4.78, 5) is 0. The molecule has 1 aromatic rings. The zero-order chi connectivity index (χ0) is 12.1. The number of hydrazine groups is 1. The van der Waals surface area contributed by atoms with Crippen LogP contribution in [0.25, 0.3) is 0 Å². The van der Waals surface area contributed by atoms with Gasteiger partial charge in [0.15, 0.2) is 5.11 Å². The number of nitrogens with one attached hydrogen (secondary N) is 2. The lowest BCUT2D eigenvalue weighted by Gasteiger charge is -2.28. The molecule has 1 saturated heterocycles. The van der Waals surface area contributed by atoms with Crippen molar-refractivity contribution >= 4 is 34.6 Å². The molecule has 92 valence electrons. The summed E-state index contributed by atoms with van der Waals surface area (Å²) < 4.78 is 0. The van der Waals surface area contributed by atoms with Gasteiger partial charge in [0.2, 0.25) is 0 Å². The smallest absolute Gasteiger partial charge is 0.185 e. The van der Waals surface area contributed by atoms with Gasteiger partial charge in [0.25, 0.3) is 0 Å². The SMILES string of the molecule is S=C(Nc1ccccc1Cl)NN1CCCCC1. The Bertz CT molecular complexity index is 391. The fourth-order valence-corrected chi connectivity index (χ4v) is 2.28. The van der Waals surface area contributed by atoms with Crippen molar-refractivity contribution in [3.8, 4) is 0 Å². The van der Waals surface area contributed by atoms with Gasteiger partial charge in [-0.05, 0) is 37.2 Å². The second kappa shape index (κ2) is 6.19. The summed E-state index contributed by atoms with van der Waals surface area (Å²) in [5.41, 5.74) is 4.03. The van der Waals surface area contributed by atoms with E-state index < -0.39 is 0 Å². The van der Waals surface area contributed by atoms with Crippen molar-refractivity contribution in [2.75, 3.05) is 18.4 Å². The lowest BCUT2D eigenvalue weighted by molar-refractivity contribution is 0.196. The number of benzene rings is 1. The van der Waals surface area contributed by atoms with E-state index in [-0.39, 0.29) is 0 Å². The van der Waals surface area contributed by atoms with Crippen LogP contribution in [0.5, 0.6) is 0 Å². The minimum Gasteiger partial charge on any atom is -0.330 e. The van der Waals surface area contributed by atoms with E-state index in [2.05, 4.69) is 15.8 Å². The number of anilines is 1. The third-order valence-corrected chi connectivity index (χ3v) is 3.26. The van der Waals surface area contributed by atoms with Gasteiger partial charge < -0.3 is 5.32 Å². The average molecular weight is 270 g/mol. The maximum Gasteiger partial charge on any atom is 0.185 e. The van der Waals surface area contributed by atoms with Crippen LogP contribution in [-0.4, -0.2) is 23.2 Å². The van der Waals surface area contributed by atoms with Crippen molar-refractivity contribution in [2.45, 2.75) is 19.3 Å². The van der Waals surface area contributed by atoms with Gasteiger partial charge in [0, 0.05) is 13.1 Å². The first kappa shape index (κ1) is 12.6. The van der Waals surface area contributed by atoms with E-state index in [1.165, 1.54) is 19.3 Å². The summed E-state index contributed by atoms with van der Waals surface area (Å²) in [5, 5.41) is 6.53. The molecule has 1 heterocycles. The number of nitrogens with zero attached hydrogens (tertiary/aromatic N) is 1. The van der Waals surface area contributed by atoms with Crippen molar-refractivity contribution in [1.82, 2.24) is 10.4 Å². The average Bonchev–Trinajstić information content (AvgIpc) is 2.33. The van der Waals surface area contributed by atoms with Gasteiger partial charge in [0.05, 0.1) is 10.7 Å². The summed E-state index contributed by atoms with van der Waals surface area (Å²) in [6.07, 6.45) is 3.76. The van der Waals surface area contributed by atoms with Gasteiger partial charge in [-0.3, -0.25) is 5.43 Å². The van der Waals surface area contributed by atoms with E-state index >= 15 is 0 Å². The van der Waals surface area contributed by atoms with E-state index in [4.69, 9.17) is 23.8 Å². The fraction of sp³-hybridized carbons (Fsp3) is 0.417. The molecule has 0 aliphatic carbocycles. The third kappa shape index (κ3) is 3.84. The van der Waals surface area contributed by atoms with E-state index in [1.807, 2.05) is 24.3 Å². The molecule has 1 aromatic carbocycles. The number of rotatable bonds is 2. The van der Waals surface area contributed by atoms with E-state index in [0.717, 1.165) is 18.8 Å². The molecular weight excluding hydrogens is 254 g/mol. The molecular formula is C12H16ClN3S. The molecule has 17 heavy (non-hydrogen) atoms. The highest BCUT2D eigenvalue weighted by molar-refractivity contribution is 7.80. The van der Waals surface area contributed by atoms with Crippen molar-refractivity contribution < 1.29 is 0 Å². The monoisotopic (exact) mass is 269 g/mol. The number of piperidine rings is 1. The normalized spacial score (nSPS) is 16.5. The molecule has 1 aliphatic heterocycles. The summed E-state index contributed by atoms with van der Waals surface area (Å²) >= 11 is 11.3. The predicted molar refractivity (Wildman–Crippen MR) is 76.2 cm³/mol. The lowest BCUT2D eigenvalue weighted by atomic mass is 10.2. The molecule has 1 fully saturated rings. The van der Waals surface area contributed by atoms with E-state index in [1.54, 1.807) is 0 Å². The second-order valence-corrected chi connectivity index (χ2v) is 4.91. The van der Waals surface area contributed by atoms with Crippen molar-refractivity contribution in [3.05, 3.63) is 29.3 Å². The molecule has 0 saturated carbocycles. The predicted octanol–water partition coefficient (Wildman–Crippen LogP) is 3.03. The number of para-hydroxylation sites is 1. The van der Waals surface area contributed by atoms with Gasteiger partial charge in [-0.25, -0.2) is 5.01 Å². The first-order valence-corrected chi connectivity index (χ1v) is 6.61. The van der Waals surface area contributed by atoms with Crippen LogP contribution in [0.2, 0.25) is 5.02 Å². The molecule has 0 aromatic heterocycles. The van der Waals surface area contributed by atoms with Crippen molar-refractivity contribution in [2.24, 2.45) is 0 Å². The van der Waals surface area contributed by atoms with Gasteiger partial charge in [-0.2, -0.15) is 0 Å². The molecule has 0 radical (unpaired) electrons. The van der Waals surface area contributed by atoms with Gasteiger partial charge in [-0.1, -0.05) is 30.2 Å². The van der Waals surface area contributed by atoms with Crippen LogP contribution in [-0.2, 0) is 0 Å². The first-order valence-electron chi connectivity index (χ1n) is 5.83. The number of thiocarbonyl (C=S) groups is 1. The maximum atomic E-state index is 6.05. The highest BCUT2D eigenvalue weighted by Crippen LogP contribution is 2.20. The molecule has 0 atom stereocenters. The summed E-state index contributed by atoms with van der Waals surface area (Å²) in [7, 11) is 0. The molecule has 2 rings (SSSR count). The summed E-state index contributed by atoms with van der Waals surface area (Å²) in [6, 6.07) is 7.58. The molecule has 0 bridgehead atoms. The van der Waals surface area contributed by atoms with Gasteiger partial charge >= 0.3 is 0 Å². The van der Waals surface area contributed by atoms with Crippen LogP contribution in [0.1, 0.15) is 19.3 Å². The Hall–Kier alpha value is -0.840. The molecule has 0 amide bonds. The number of hydrogen-bond donors (Lipinski definition) is 2. The molecule has 0 unspecified atom stereocenters. The standard InChI is InChI=1S/C12H16ClN3S/c13-10-6-2-3-7-11(10)14-12(17)15-16-8-4-1-5-9-16/h2-3,6-7H,1,4-5,8-9H2,(H2,14,15,17). The minimum atomic E-state index is 0.597. The van der Waals surface area contributed by atoms with Crippen LogP contribution in [0.15, 0.2) is 24.3 Å². The molecule has 3 nitrogen and oxygen atoms in total.